The Morgan fingerprint density at radius 2 is 1.94 bits per heavy atom. The van der Waals surface area contributed by atoms with E-state index in [1.165, 1.54) is 0 Å². The van der Waals surface area contributed by atoms with Crippen molar-refractivity contribution in [2.45, 2.75) is 13.3 Å². The fourth-order valence-corrected chi connectivity index (χ4v) is 1.80. The summed E-state index contributed by atoms with van der Waals surface area (Å²) in [6, 6.07) is 11.2. The number of benzene rings is 1. The van der Waals surface area contributed by atoms with Crippen molar-refractivity contribution in [3.05, 3.63) is 48.2 Å². The fraction of sp³-hybridized carbons (Fsp3) is 0.200. The maximum atomic E-state index is 11.9. The highest BCUT2D eigenvalue weighted by Gasteiger charge is 2.11. The van der Waals surface area contributed by atoms with E-state index in [9.17, 15) is 4.79 Å². The molecule has 0 saturated carbocycles. The molecule has 0 fully saturated rings. The molecule has 0 amide bonds. The molecule has 0 radical (unpaired) electrons. The molecule has 0 aliphatic rings. The van der Waals surface area contributed by atoms with E-state index in [-0.39, 0.29) is 5.78 Å². The SMILES string of the molecule is CCC(=O)c1cccnc1-c1ccc(OC)cc1. The van der Waals surface area contributed by atoms with Crippen molar-refractivity contribution in [3.8, 4) is 17.0 Å². The van der Waals surface area contributed by atoms with Gasteiger partial charge in [-0.15, -0.1) is 0 Å². The lowest BCUT2D eigenvalue weighted by Gasteiger charge is -2.07. The number of methoxy groups -OCH3 is 1. The van der Waals surface area contributed by atoms with Gasteiger partial charge in [0.2, 0.25) is 0 Å². The standard InChI is InChI=1S/C15H15NO2/c1-3-14(17)13-5-4-10-16-15(13)11-6-8-12(18-2)9-7-11/h4-10H,3H2,1-2H3. The van der Waals surface area contributed by atoms with Gasteiger partial charge in [0.25, 0.3) is 0 Å². The number of aromatic nitrogens is 1. The van der Waals surface area contributed by atoms with Crippen LogP contribution in [0.15, 0.2) is 42.6 Å². The Labute approximate surface area is 106 Å². The largest absolute Gasteiger partial charge is 0.497 e. The van der Waals surface area contributed by atoms with Crippen molar-refractivity contribution in [1.82, 2.24) is 4.98 Å². The second-order valence-corrected chi connectivity index (χ2v) is 3.90. The van der Waals surface area contributed by atoms with Crippen LogP contribution in [-0.4, -0.2) is 17.9 Å². The number of Topliss-reactive ketones (excluding diaryl/α,β-unsaturated/α-hetero) is 1. The summed E-state index contributed by atoms with van der Waals surface area (Å²) in [4.78, 5) is 16.2. The van der Waals surface area contributed by atoms with E-state index >= 15 is 0 Å². The maximum absolute atomic E-state index is 11.9. The van der Waals surface area contributed by atoms with Gasteiger partial charge in [0.1, 0.15) is 5.75 Å². The molecule has 0 spiro atoms. The molecule has 0 saturated heterocycles. The first kappa shape index (κ1) is 12.3. The van der Waals surface area contributed by atoms with E-state index in [1.807, 2.05) is 37.3 Å². The minimum atomic E-state index is 0.105. The Bertz CT molecular complexity index is 547. The predicted octanol–water partition coefficient (Wildman–Crippen LogP) is 3.35. The van der Waals surface area contributed by atoms with Crippen LogP contribution in [0.4, 0.5) is 0 Å². The summed E-state index contributed by atoms with van der Waals surface area (Å²) in [5, 5.41) is 0. The molecular weight excluding hydrogens is 226 g/mol. The van der Waals surface area contributed by atoms with Crippen LogP contribution in [0.2, 0.25) is 0 Å². The second-order valence-electron chi connectivity index (χ2n) is 3.90. The lowest BCUT2D eigenvalue weighted by Crippen LogP contribution is -2.01. The minimum Gasteiger partial charge on any atom is -0.497 e. The van der Waals surface area contributed by atoms with Crippen molar-refractivity contribution in [2.24, 2.45) is 0 Å². The molecule has 18 heavy (non-hydrogen) atoms. The summed E-state index contributed by atoms with van der Waals surface area (Å²) < 4.78 is 5.12. The van der Waals surface area contributed by atoms with Gasteiger partial charge in [-0.2, -0.15) is 0 Å². The molecule has 1 aromatic carbocycles. The minimum absolute atomic E-state index is 0.105. The number of rotatable bonds is 4. The van der Waals surface area contributed by atoms with Crippen molar-refractivity contribution in [1.29, 1.82) is 0 Å². The summed E-state index contributed by atoms with van der Waals surface area (Å²) in [6.45, 7) is 1.85. The maximum Gasteiger partial charge on any atom is 0.164 e. The molecule has 0 bridgehead atoms. The van der Waals surface area contributed by atoms with Gasteiger partial charge in [0, 0.05) is 23.7 Å². The third kappa shape index (κ3) is 2.40. The Morgan fingerprint density at radius 1 is 1.22 bits per heavy atom. The van der Waals surface area contributed by atoms with Crippen LogP contribution in [0.25, 0.3) is 11.3 Å². The number of pyridine rings is 1. The summed E-state index contributed by atoms with van der Waals surface area (Å²) in [7, 11) is 1.63. The lowest BCUT2D eigenvalue weighted by molar-refractivity contribution is 0.0988. The molecule has 2 rings (SSSR count). The molecule has 92 valence electrons. The topological polar surface area (TPSA) is 39.2 Å². The molecule has 2 aromatic rings. The Hall–Kier alpha value is -2.16. The van der Waals surface area contributed by atoms with Crippen LogP contribution in [0.5, 0.6) is 5.75 Å². The summed E-state index contributed by atoms with van der Waals surface area (Å²) in [5.74, 6) is 0.895. The third-order valence-corrected chi connectivity index (χ3v) is 2.79. The van der Waals surface area contributed by atoms with Crippen molar-refractivity contribution >= 4 is 5.78 Å². The number of nitrogens with zero attached hydrogens (tertiary/aromatic N) is 1. The number of ketones is 1. The molecule has 1 heterocycles. The third-order valence-electron chi connectivity index (χ3n) is 2.79. The van der Waals surface area contributed by atoms with Gasteiger partial charge < -0.3 is 4.74 Å². The molecule has 0 N–H and O–H groups in total. The molecule has 0 aliphatic carbocycles. The van der Waals surface area contributed by atoms with Crippen LogP contribution >= 0.6 is 0 Å². The zero-order valence-corrected chi connectivity index (χ0v) is 10.5. The highest BCUT2D eigenvalue weighted by molar-refractivity contribution is 6.01. The average molecular weight is 241 g/mol. The molecule has 1 aromatic heterocycles. The summed E-state index contributed by atoms with van der Waals surface area (Å²) in [6.07, 6.45) is 2.18. The van der Waals surface area contributed by atoms with Gasteiger partial charge in [0.05, 0.1) is 12.8 Å². The Kier molecular flexibility index (Phi) is 3.72. The first-order chi connectivity index (χ1) is 8.76. The quantitative estimate of drug-likeness (QED) is 0.770. The number of carbonyl (C=O) groups is 1. The highest BCUT2D eigenvalue weighted by atomic mass is 16.5. The van der Waals surface area contributed by atoms with E-state index < -0.39 is 0 Å². The van der Waals surface area contributed by atoms with Gasteiger partial charge in [0.15, 0.2) is 5.78 Å². The molecular formula is C15H15NO2. The Balaban J connectivity index is 2.46. The van der Waals surface area contributed by atoms with Crippen molar-refractivity contribution < 1.29 is 9.53 Å². The average Bonchev–Trinajstić information content (AvgIpc) is 2.46. The van der Waals surface area contributed by atoms with Crippen molar-refractivity contribution in [3.63, 3.8) is 0 Å². The van der Waals surface area contributed by atoms with Gasteiger partial charge in [-0.25, -0.2) is 0 Å². The molecule has 3 heteroatoms. The van der Waals surface area contributed by atoms with Crippen LogP contribution < -0.4 is 4.74 Å². The highest BCUT2D eigenvalue weighted by Crippen LogP contribution is 2.24. The van der Waals surface area contributed by atoms with Crippen LogP contribution in [0.1, 0.15) is 23.7 Å². The smallest absolute Gasteiger partial charge is 0.164 e. The van der Waals surface area contributed by atoms with Gasteiger partial charge in [-0.3, -0.25) is 9.78 Å². The predicted molar refractivity (Wildman–Crippen MR) is 70.8 cm³/mol. The molecule has 0 atom stereocenters. The zero-order chi connectivity index (χ0) is 13.0. The van der Waals surface area contributed by atoms with Crippen molar-refractivity contribution in [2.75, 3.05) is 7.11 Å². The number of hydrogen-bond donors (Lipinski definition) is 0. The van der Waals surface area contributed by atoms with Crippen LogP contribution in [0.3, 0.4) is 0 Å². The Morgan fingerprint density at radius 3 is 2.56 bits per heavy atom. The molecule has 0 unspecified atom stereocenters. The first-order valence-electron chi connectivity index (χ1n) is 5.89. The second kappa shape index (κ2) is 5.45. The van der Waals surface area contributed by atoms with E-state index in [4.69, 9.17) is 4.74 Å². The van der Waals surface area contributed by atoms with Crippen LogP contribution in [-0.2, 0) is 0 Å². The monoisotopic (exact) mass is 241 g/mol. The van der Waals surface area contributed by atoms with E-state index in [0.717, 1.165) is 17.0 Å². The van der Waals surface area contributed by atoms with Crippen LogP contribution in [0, 0.1) is 0 Å². The molecule has 0 aliphatic heterocycles. The van der Waals surface area contributed by atoms with E-state index in [2.05, 4.69) is 4.98 Å². The van der Waals surface area contributed by atoms with E-state index in [1.54, 1.807) is 19.4 Å². The normalized spacial score (nSPS) is 10.1. The zero-order valence-electron chi connectivity index (χ0n) is 10.5. The first-order valence-corrected chi connectivity index (χ1v) is 5.89. The lowest BCUT2D eigenvalue weighted by atomic mass is 10.0. The van der Waals surface area contributed by atoms with E-state index in [0.29, 0.717) is 12.0 Å². The number of ether oxygens (including phenoxy) is 1. The fourth-order valence-electron chi connectivity index (χ4n) is 1.80. The van der Waals surface area contributed by atoms with Gasteiger partial charge >= 0.3 is 0 Å². The number of carbonyl (C=O) groups excluding carboxylic acids is 1. The number of hydrogen-bond acceptors (Lipinski definition) is 3. The summed E-state index contributed by atoms with van der Waals surface area (Å²) in [5.41, 5.74) is 2.32. The van der Waals surface area contributed by atoms with Gasteiger partial charge in [-0.1, -0.05) is 6.92 Å². The van der Waals surface area contributed by atoms with Gasteiger partial charge in [-0.05, 0) is 36.4 Å². The molecule has 3 nitrogen and oxygen atoms in total. The summed E-state index contributed by atoms with van der Waals surface area (Å²) >= 11 is 0.